The number of rotatable bonds is 4. The van der Waals surface area contributed by atoms with Crippen LogP contribution in [0.5, 0.6) is 0 Å². The van der Waals surface area contributed by atoms with E-state index in [-0.39, 0.29) is 18.1 Å². The van der Waals surface area contributed by atoms with Crippen LogP contribution in [-0.4, -0.2) is 39.6 Å². The van der Waals surface area contributed by atoms with Gasteiger partial charge in [0.05, 0.1) is 12.1 Å². The van der Waals surface area contributed by atoms with Crippen molar-refractivity contribution in [2.45, 2.75) is 38.1 Å². The highest BCUT2D eigenvalue weighted by Crippen LogP contribution is 2.34. The molecule has 0 spiro atoms. The number of aliphatic hydroxyl groups is 1. The molecule has 0 saturated carbocycles. The summed E-state index contributed by atoms with van der Waals surface area (Å²) in [6.07, 6.45) is 5.58. The molecule has 2 heterocycles. The number of amides is 1. The molecular formula is C17H22N2O2. The van der Waals surface area contributed by atoms with E-state index in [1.165, 1.54) is 0 Å². The predicted molar refractivity (Wildman–Crippen MR) is 83.3 cm³/mol. The smallest absolute Gasteiger partial charge is 0.254 e. The van der Waals surface area contributed by atoms with Crippen molar-refractivity contribution >= 4 is 16.8 Å². The summed E-state index contributed by atoms with van der Waals surface area (Å²) < 4.78 is 0. The molecule has 1 aliphatic heterocycles. The largest absolute Gasteiger partial charge is 0.394 e. The van der Waals surface area contributed by atoms with E-state index in [0.717, 1.165) is 43.1 Å². The molecule has 4 heteroatoms. The summed E-state index contributed by atoms with van der Waals surface area (Å²) in [6.45, 7) is 2.89. The van der Waals surface area contributed by atoms with Crippen LogP contribution in [0.2, 0.25) is 0 Å². The Morgan fingerprint density at radius 3 is 3.05 bits per heavy atom. The maximum Gasteiger partial charge on any atom is 0.254 e. The van der Waals surface area contributed by atoms with Crippen LogP contribution in [0.15, 0.2) is 30.5 Å². The Morgan fingerprint density at radius 1 is 1.43 bits per heavy atom. The van der Waals surface area contributed by atoms with Crippen LogP contribution in [0.4, 0.5) is 0 Å². The third-order valence-corrected chi connectivity index (χ3v) is 4.65. The van der Waals surface area contributed by atoms with E-state index in [4.69, 9.17) is 0 Å². The number of aromatic nitrogens is 1. The van der Waals surface area contributed by atoms with Crippen molar-refractivity contribution in [3.8, 4) is 0 Å². The van der Waals surface area contributed by atoms with Gasteiger partial charge in [0.1, 0.15) is 0 Å². The monoisotopic (exact) mass is 286 g/mol. The molecule has 0 aliphatic carbocycles. The highest BCUT2D eigenvalue weighted by Gasteiger charge is 2.42. The number of aromatic amines is 1. The lowest BCUT2D eigenvalue weighted by Crippen LogP contribution is -2.50. The van der Waals surface area contributed by atoms with Gasteiger partial charge >= 0.3 is 0 Å². The topological polar surface area (TPSA) is 56.3 Å². The Bertz CT molecular complexity index is 649. The normalized spacial score (nSPS) is 22.1. The summed E-state index contributed by atoms with van der Waals surface area (Å²) in [5, 5.41) is 11.0. The van der Waals surface area contributed by atoms with Crippen molar-refractivity contribution in [2.24, 2.45) is 0 Å². The van der Waals surface area contributed by atoms with Gasteiger partial charge in [0.25, 0.3) is 5.91 Å². The third-order valence-electron chi connectivity index (χ3n) is 4.65. The standard InChI is InChI=1S/C17H22N2O2/c1-2-7-17(12-20)8-3-10-19(17)16(21)14-5-4-13-6-9-18-15(13)11-14/h4-6,9,11,18,20H,2-3,7-8,10,12H2,1H3/t17-/m1/s1. The van der Waals surface area contributed by atoms with Crippen molar-refractivity contribution < 1.29 is 9.90 Å². The van der Waals surface area contributed by atoms with Crippen molar-refractivity contribution in [2.75, 3.05) is 13.2 Å². The minimum Gasteiger partial charge on any atom is -0.394 e. The van der Waals surface area contributed by atoms with Crippen molar-refractivity contribution in [3.63, 3.8) is 0 Å². The minimum atomic E-state index is -0.365. The van der Waals surface area contributed by atoms with Crippen molar-refractivity contribution in [3.05, 3.63) is 36.0 Å². The summed E-state index contributed by atoms with van der Waals surface area (Å²) in [5.74, 6) is 0.0338. The van der Waals surface area contributed by atoms with Gasteiger partial charge in [-0.05, 0) is 42.8 Å². The molecule has 0 unspecified atom stereocenters. The second-order valence-electron chi connectivity index (χ2n) is 5.97. The number of nitrogens with zero attached hydrogens (tertiary/aromatic N) is 1. The first-order valence-corrected chi connectivity index (χ1v) is 7.70. The fourth-order valence-corrected chi connectivity index (χ4v) is 3.56. The van der Waals surface area contributed by atoms with E-state index in [9.17, 15) is 9.90 Å². The van der Waals surface area contributed by atoms with Crippen LogP contribution in [0.25, 0.3) is 10.9 Å². The van der Waals surface area contributed by atoms with E-state index in [1.807, 2.05) is 35.4 Å². The number of nitrogens with one attached hydrogen (secondary N) is 1. The molecule has 0 bridgehead atoms. The fraction of sp³-hybridized carbons (Fsp3) is 0.471. The molecule has 3 rings (SSSR count). The zero-order valence-corrected chi connectivity index (χ0v) is 12.4. The molecule has 1 amide bonds. The van der Waals surface area contributed by atoms with E-state index in [1.54, 1.807) is 0 Å². The number of hydrogen-bond acceptors (Lipinski definition) is 2. The Hall–Kier alpha value is -1.81. The average molecular weight is 286 g/mol. The van der Waals surface area contributed by atoms with Gasteiger partial charge in [-0.2, -0.15) is 0 Å². The summed E-state index contributed by atoms with van der Waals surface area (Å²) in [6, 6.07) is 7.75. The maximum atomic E-state index is 12.9. The number of aliphatic hydroxyl groups excluding tert-OH is 1. The second-order valence-corrected chi connectivity index (χ2v) is 5.97. The first-order chi connectivity index (χ1) is 10.2. The quantitative estimate of drug-likeness (QED) is 0.908. The zero-order valence-electron chi connectivity index (χ0n) is 12.4. The molecule has 1 fully saturated rings. The molecule has 1 aromatic carbocycles. The van der Waals surface area contributed by atoms with Crippen LogP contribution in [0, 0.1) is 0 Å². The SMILES string of the molecule is CCC[C@]1(CO)CCCN1C(=O)c1ccc2cc[nH]c2c1. The van der Waals surface area contributed by atoms with Gasteiger partial charge in [-0.1, -0.05) is 19.4 Å². The first kappa shape index (κ1) is 14.1. The van der Waals surface area contributed by atoms with Gasteiger partial charge < -0.3 is 15.0 Å². The third kappa shape index (κ3) is 2.33. The fourth-order valence-electron chi connectivity index (χ4n) is 3.56. The number of carbonyl (C=O) groups excluding carboxylic acids is 1. The number of fused-ring (bicyclic) bond motifs is 1. The number of benzene rings is 1. The van der Waals surface area contributed by atoms with Gasteiger partial charge in [0.2, 0.25) is 0 Å². The average Bonchev–Trinajstić information content (AvgIpc) is 3.12. The van der Waals surface area contributed by atoms with Crippen LogP contribution in [0.1, 0.15) is 43.0 Å². The van der Waals surface area contributed by atoms with E-state index in [0.29, 0.717) is 5.56 Å². The van der Waals surface area contributed by atoms with Crippen molar-refractivity contribution in [1.29, 1.82) is 0 Å². The van der Waals surface area contributed by atoms with E-state index < -0.39 is 0 Å². The number of H-pyrrole nitrogens is 1. The number of hydrogen-bond donors (Lipinski definition) is 2. The molecule has 1 aliphatic rings. The van der Waals surface area contributed by atoms with E-state index >= 15 is 0 Å². The number of likely N-dealkylation sites (tertiary alicyclic amines) is 1. The summed E-state index contributed by atoms with van der Waals surface area (Å²) in [4.78, 5) is 17.9. The molecular weight excluding hydrogens is 264 g/mol. The van der Waals surface area contributed by atoms with Crippen LogP contribution >= 0.6 is 0 Å². The van der Waals surface area contributed by atoms with Gasteiger partial charge in [-0.25, -0.2) is 0 Å². The molecule has 21 heavy (non-hydrogen) atoms. The summed E-state index contributed by atoms with van der Waals surface area (Å²) in [7, 11) is 0. The molecule has 1 atom stereocenters. The molecule has 1 aromatic heterocycles. The highest BCUT2D eigenvalue weighted by atomic mass is 16.3. The van der Waals surface area contributed by atoms with E-state index in [2.05, 4.69) is 11.9 Å². The Kier molecular flexibility index (Phi) is 3.72. The second kappa shape index (κ2) is 5.53. The molecule has 1 saturated heterocycles. The Balaban J connectivity index is 1.92. The van der Waals surface area contributed by atoms with Crippen LogP contribution < -0.4 is 0 Å². The van der Waals surface area contributed by atoms with Gasteiger partial charge in [-0.15, -0.1) is 0 Å². The molecule has 0 radical (unpaired) electrons. The summed E-state index contributed by atoms with van der Waals surface area (Å²) >= 11 is 0. The Morgan fingerprint density at radius 2 is 2.29 bits per heavy atom. The highest BCUT2D eigenvalue weighted by molar-refractivity contribution is 5.98. The summed E-state index contributed by atoms with van der Waals surface area (Å²) in [5.41, 5.74) is 1.31. The predicted octanol–water partition coefficient (Wildman–Crippen LogP) is 2.94. The first-order valence-electron chi connectivity index (χ1n) is 7.70. The molecule has 2 aromatic rings. The van der Waals surface area contributed by atoms with Crippen molar-refractivity contribution in [1.82, 2.24) is 9.88 Å². The maximum absolute atomic E-state index is 12.9. The zero-order chi connectivity index (χ0) is 14.9. The van der Waals surface area contributed by atoms with Gasteiger partial charge in [0, 0.05) is 23.8 Å². The lowest BCUT2D eigenvalue weighted by molar-refractivity contribution is 0.0377. The van der Waals surface area contributed by atoms with Crippen LogP contribution in [0.3, 0.4) is 0 Å². The minimum absolute atomic E-state index is 0.0338. The number of carbonyl (C=O) groups is 1. The Labute approximate surface area is 124 Å². The molecule has 112 valence electrons. The lowest BCUT2D eigenvalue weighted by atomic mass is 9.91. The van der Waals surface area contributed by atoms with Crippen LogP contribution in [-0.2, 0) is 0 Å². The molecule has 2 N–H and O–H groups in total. The van der Waals surface area contributed by atoms with Gasteiger partial charge in [0.15, 0.2) is 0 Å². The van der Waals surface area contributed by atoms with Gasteiger partial charge in [-0.3, -0.25) is 4.79 Å². The lowest BCUT2D eigenvalue weighted by Gasteiger charge is -2.37. The molecule has 4 nitrogen and oxygen atoms in total.